The van der Waals surface area contributed by atoms with Crippen LogP contribution in [-0.4, -0.2) is 11.8 Å². The molecule has 0 aliphatic carbocycles. The number of nitriles is 1. The fourth-order valence-corrected chi connectivity index (χ4v) is 2.50. The molecule has 0 radical (unpaired) electrons. The van der Waals surface area contributed by atoms with E-state index in [-0.39, 0.29) is 16.7 Å². The molecule has 0 aliphatic rings. The third-order valence-corrected chi connectivity index (χ3v) is 3.97. The number of hydrogen-bond donors (Lipinski definition) is 2. The van der Waals surface area contributed by atoms with Gasteiger partial charge in [-0.25, -0.2) is 13.2 Å². The van der Waals surface area contributed by atoms with Crippen LogP contribution in [-0.2, 0) is 0 Å². The third-order valence-electron chi connectivity index (χ3n) is 3.97. The minimum absolute atomic E-state index is 0.00430. The molecule has 5 nitrogen and oxygen atoms in total. The molecule has 3 aromatic rings. The molecule has 29 heavy (non-hydrogen) atoms. The second-order valence-corrected chi connectivity index (χ2v) is 5.87. The molecule has 0 heterocycles. The van der Waals surface area contributed by atoms with Crippen molar-refractivity contribution in [2.75, 3.05) is 10.6 Å². The Hall–Kier alpha value is -4.12. The van der Waals surface area contributed by atoms with Gasteiger partial charge in [-0.1, -0.05) is 18.2 Å². The van der Waals surface area contributed by atoms with Crippen LogP contribution in [0.5, 0.6) is 0 Å². The van der Waals surface area contributed by atoms with Gasteiger partial charge in [0.05, 0.1) is 16.9 Å². The highest BCUT2D eigenvalue weighted by atomic mass is 19.2. The van der Waals surface area contributed by atoms with E-state index in [9.17, 15) is 22.8 Å². The van der Waals surface area contributed by atoms with Crippen LogP contribution in [0.2, 0.25) is 0 Å². The van der Waals surface area contributed by atoms with Gasteiger partial charge >= 0.3 is 0 Å². The normalized spacial score (nSPS) is 10.1. The molecule has 2 amide bonds. The highest BCUT2D eigenvalue weighted by Gasteiger charge is 2.17. The number of para-hydroxylation sites is 1. The van der Waals surface area contributed by atoms with Crippen molar-refractivity contribution < 1.29 is 22.8 Å². The zero-order valence-electron chi connectivity index (χ0n) is 14.7. The van der Waals surface area contributed by atoms with Crippen molar-refractivity contribution in [2.45, 2.75) is 0 Å². The van der Waals surface area contributed by atoms with Gasteiger partial charge < -0.3 is 10.6 Å². The molecule has 2 N–H and O–H groups in total. The first kappa shape index (κ1) is 19.6. The van der Waals surface area contributed by atoms with Gasteiger partial charge in [-0.05, 0) is 42.5 Å². The van der Waals surface area contributed by atoms with Gasteiger partial charge in [-0.2, -0.15) is 5.26 Å². The number of hydrogen-bond acceptors (Lipinski definition) is 3. The minimum Gasteiger partial charge on any atom is -0.321 e. The van der Waals surface area contributed by atoms with E-state index in [1.807, 2.05) is 6.07 Å². The summed E-state index contributed by atoms with van der Waals surface area (Å²) in [6.07, 6.45) is 0. The molecule has 0 atom stereocenters. The molecule has 3 rings (SSSR count). The molecule has 3 aromatic carbocycles. The Morgan fingerprint density at radius 2 is 1.38 bits per heavy atom. The predicted octanol–water partition coefficient (Wildman–Crippen LogP) is 4.48. The van der Waals surface area contributed by atoms with Crippen LogP contribution in [0.4, 0.5) is 24.5 Å². The van der Waals surface area contributed by atoms with Crippen molar-refractivity contribution in [3.63, 3.8) is 0 Å². The van der Waals surface area contributed by atoms with Crippen LogP contribution in [0.1, 0.15) is 26.3 Å². The number of halogens is 3. The summed E-state index contributed by atoms with van der Waals surface area (Å²) in [5.74, 6) is -5.99. The number of anilines is 2. The van der Waals surface area contributed by atoms with E-state index in [1.165, 1.54) is 30.3 Å². The Kier molecular flexibility index (Phi) is 5.60. The lowest BCUT2D eigenvalue weighted by atomic mass is 10.1. The summed E-state index contributed by atoms with van der Waals surface area (Å²) >= 11 is 0. The second kappa shape index (κ2) is 8.27. The van der Waals surface area contributed by atoms with Crippen molar-refractivity contribution in [1.82, 2.24) is 0 Å². The number of benzene rings is 3. The predicted molar refractivity (Wildman–Crippen MR) is 99.8 cm³/mol. The fourth-order valence-electron chi connectivity index (χ4n) is 2.50. The summed E-state index contributed by atoms with van der Waals surface area (Å²) in [6, 6.07) is 15.4. The Labute approximate surface area is 163 Å². The van der Waals surface area contributed by atoms with Crippen LogP contribution in [0.25, 0.3) is 0 Å². The van der Waals surface area contributed by atoms with Crippen molar-refractivity contribution in [3.05, 3.63) is 94.8 Å². The van der Waals surface area contributed by atoms with Gasteiger partial charge in [-0.3, -0.25) is 9.59 Å². The number of nitrogens with zero attached hydrogens (tertiary/aromatic N) is 1. The van der Waals surface area contributed by atoms with Gasteiger partial charge in [0.1, 0.15) is 6.07 Å². The molecule has 0 fully saturated rings. The Bertz CT molecular complexity index is 1160. The number of rotatable bonds is 4. The van der Waals surface area contributed by atoms with E-state index in [1.54, 1.807) is 18.2 Å². The lowest BCUT2D eigenvalue weighted by Gasteiger charge is -2.10. The van der Waals surface area contributed by atoms with Crippen LogP contribution >= 0.6 is 0 Å². The van der Waals surface area contributed by atoms with Gasteiger partial charge in [-0.15, -0.1) is 0 Å². The average molecular weight is 395 g/mol. The Morgan fingerprint density at radius 3 is 2.03 bits per heavy atom. The number of nitrogens with one attached hydrogen (secondary N) is 2. The quantitative estimate of drug-likeness (QED) is 0.639. The number of carbonyl (C=O) groups excluding carboxylic acids is 2. The molecule has 0 bridgehead atoms. The topological polar surface area (TPSA) is 82.0 Å². The molecule has 144 valence electrons. The van der Waals surface area contributed by atoms with Gasteiger partial charge in [0.2, 0.25) is 0 Å². The van der Waals surface area contributed by atoms with E-state index in [4.69, 9.17) is 5.26 Å². The molecule has 0 saturated carbocycles. The van der Waals surface area contributed by atoms with E-state index in [0.29, 0.717) is 11.8 Å². The molecule has 0 unspecified atom stereocenters. The van der Waals surface area contributed by atoms with Crippen molar-refractivity contribution in [2.24, 2.45) is 0 Å². The lowest BCUT2D eigenvalue weighted by molar-refractivity contribution is 0.102. The Morgan fingerprint density at radius 1 is 0.759 bits per heavy atom. The van der Waals surface area contributed by atoms with Gasteiger partial charge in [0.25, 0.3) is 11.8 Å². The average Bonchev–Trinajstić information content (AvgIpc) is 2.74. The fraction of sp³-hybridized carbons (Fsp3) is 0. The first-order valence-corrected chi connectivity index (χ1v) is 8.26. The SMILES string of the molecule is N#Cc1ccccc1NC(=O)c1cccc(C(=O)Nc2ccc(F)c(F)c2F)c1. The van der Waals surface area contributed by atoms with Crippen LogP contribution in [0, 0.1) is 28.8 Å². The van der Waals surface area contributed by atoms with E-state index in [0.717, 1.165) is 6.07 Å². The maximum Gasteiger partial charge on any atom is 0.255 e. The highest BCUT2D eigenvalue weighted by molar-refractivity contribution is 6.09. The van der Waals surface area contributed by atoms with Crippen molar-refractivity contribution >= 4 is 23.2 Å². The zero-order valence-corrected chi connectivity index (χ0v) is 14.7. The second-order valence-electron chi connectivity index (χ2n) is 5.87. The monoisotopic (exact) mass is 395 g/mol. The van der Waals surface area contributed by atoms with Gasteiger partial charge in [0, 0.05) is 11.1 Å². The van der Waals surface area contributed by atoms with E-state index < -0.39 is 35.0 Å². The molecule has 0 aliphatic heterocycles. The summed E-state index contributed by atoms with van der Waals surface area (Å²) in [4.78, 5) is 24.8. The van der Waals surface area contributed by atoms with Crippen LogP contribution in [0.15, 0.2) is 60.7 Å². The summed E-state index contributed by atoms with van der Waals surface area (Å²) < 4.78 is 40.0. The molecule has 0 spiro atoms. The Balaban J connectivity index is 1.80. The number of carbonyl (C=O) groups is 2. The van der Waals surface area contributed by atoms with Crippen molar-refractivity contribution in [1.29, 1.82) is 5.26 Å². The van der Waals surface area contributed by atoms with Crippen molar-refractivity contribution in [3.8, 4) is 6.07 Å². The van der Waals surface area contributed by atoms with E-state index >= 15 is 0 Å². The summed E-state index contributed by atoms with van der Waals surface area (Å²) in [7, 11) is 0. The largest absolute Gasteiger partial charge is 0.321 e. The van der Waals surface area contributed by atoms with E-state index in [2.05, 4.69) is 10.6 Å². The smallest absolute Gasteiger partial charge is 0.255 e. The summed E-state index contributed by atoms with van der Waals surface area (Å²) in [6.45, 7) is 0. The molecular weight excluding hydrogens is 383 g/mol. The number of amides is 2. The maximum atomic E-state index is 13.7. The summed E-state index contributed by atoms with van der Waals surface area (Å²) in [5.41, 5.74) is 0.139. The van der Waals surface area contributed by atoms with Gasteiger partial charge in [0.15, 0.2) is 17.5 Å². The first-order valence-electron chi connectivity index (χ1n) is 8.26. The molecule has 8 heteroatoms. The van der Waals surface area contributed by atoms with Crippen LogP contribution < -0.4 is 10.6 Å². The molecule has 0 aromatic heterocycles. The third kappa shape index (κ3) is 4.25. The molecular formula is C21H12F3N3O2. The first-order chi connectivity index (χ1) is 13.9. The summed E-state index contributed by atoms with van der Waals surface area (Å²) in [5, 5.41) is 13.8. The lowest BCUT2D eigenvalue weighted by Crippen LogP contribution is -2.16. The zero-order chi connectivity index (χ0) is 21.0. The molecule has 0 saturated heterocycles. The van der Waals surface area contributed by atoms with Crippen LogP contribution in [0.3, 0.4) is 0 Å². The maximum absolute atomic E-state index is 13.7. The standard InChI is InChI=1S/C21H12F3N3O2/c22-15-8-9-17(19(24)18(15)23)27-21(29)13-6-3-5-12(10-13)20(28)26-16-7-2-1-4-14(16)11-25/h1-10H,(H,26,28)(H,27,29). The highest BCUT2D eigenvalue weighted by Crippen LogP contribution is 2.21. The minimum atomic E-state index is -1.70.